The minimum atomic E-state index is 0.606. The van der Waals surface area contributed by atoms with E-state index in [0.29, 0.717) is 17.5 Å². The number of rotatable bonds is 6. The highest BCUT2D eigenvalue weighted by atomic mass is 16.3. The summed E-state index contributed by atoms with van der Waals surface area (Å²) in [6.45, 7) is 0. The molecule has 294 valence electrons. The van der Waals surface area contributed by atoms with E-state index < -0.39 is 0 Å². The van der Waals surface area contributed by atoms with E-state index in [2.05, 4.69) is 149 Å². The van der Waals surface area contributed by atoms with Crippen molar-refractivity contribution in [2.24, 2.45) is 0 Å². The highest BCUT2D eigenvalue weighted by molar-refractivity contribution is 6.13. The van der Waals surface area contributed by atoms with E-state index in [9.17, 15) is 0 Å². The molecule has 0 saturated carbocycles. The maximum atomic E-state index is 6.46. The largest absolute Gasteiger partial charge is 0.456 e. The van der Waals surface area contributed by atoms with Crippen molar-refractivity contribution in [1.82, 2.24) is 24.1 Å². The Hall–Kier alpha value is -8.61. The lowest BCUT2D eigenvalue weighted by Crippen LogP contribution is -2.00. The van der Waals surface area contributed by atoms with Gasteiger partial charge in [-0.1, -0.05) is 127 Å². The van der Waals surface area contributed by atoms with E-state index in [4.69, 9.17) is 19.4 Å². The van der Waals surface area contributed by atoms with Crippen LogP contribution in [0.3, 0.4) is 0 Å². The second-order valence-corrected chi connectivity index (χ2v) is 16.0. The van der Waals surface area contributed by atoms with Crippen LogP contribution in [0.5, 0.6) is 0 Å². The van der Waals surface area contributed by atoms with Gasteiger partial charge in [-0.15, -0.1) is 0 Å². The van der Waals surface area contributed by atoms with Crippen LogP contribution in [0.25, 0.3) is 122 Å². The molecule has 0 aliphatic rings. The second-order valence-electron chi connectivity index (χ2n) is 16.0. The summed E-state index contributed by atoms with van der Waals surface area (Å²) in [6.07, 6.45) is 0. The Kier molecular flexibility index (Phi) is 7.80. The average molecular weight is 806 g/mol. The lowest BCUT2D eigenvalue weighted by molar-refractivity contribution is 0.669. The molecule has 0 spiro atoms. The van der Waals surface area contributed by atoms with Gasteiger partial charge < -0.3 is 13.6 Å². The second kappa shape index (κ2) is 14.0. The van der Waals surface area contributed by atoms with E-state index in [1.54, 1.807) is 0 Å². The van der Waals surface area contributed by atoms with Gasteiger partial charge in [0.15, 0.2) is 17.5 Å². The van der Waals surface area contributed by atoms with Gasteiger partial charge in [-0.05, 0) is 96.1 Å². The average Bonchev–Trinajstić information content (AvgIpc) is 4.01. The van der Waals surface area contributed by atoms with Gasteiger partial charge in [0, 0.05) is 60.4 Å². The zero-order valence-corrected chi connectivity index (χ0v) is 33.9. The highest BCUT2D eigenvalue weighted by Gasteiger charge is 2.19. The molecule has 6 nitrogen and oxygen atoms in total. The fourth-order valence-electron chi connectivity index (χ4n) is 9.42. The van der Waals surface area contributed by atoms with Crippen molar-refractivity contribution >= 4 is 65.6 Å². The van der Waals surface area contributed by atoms with E-state index in [1.807, 2.05) is 72.8 Å². The third-order valence-corrected chi connectivity index (χ3v) is 12.4. The molecule has 4 heterocycles. The number of para-hydroxylation sites is 3. The molecule has 13 rings (SSSR count). The molecular formula is C57H35N5O. The molecule has 0 aliphatic heterocycles. The molecule has 0 radical (unpaired) electrons. The SMILES string of the molecule is c1ccc(-c2nc(-c3ccccc3)nc(-c3ccc4oc5ccc(-n6c7ccccc7c7cc(-c8ccc9c(c8)c8ccccc8n9-c8ccccc8)ccc76)cc5c4c3)n2)cc1. The highest BCUT2D eigenvalue weighted by Crippen LogP contribution is 2.40. The standard InChI is InChI=1S/C57H35N5O/c1-4-14-36(15-5-1)55-58-56(37-16-6-2-7-17-37)60-57(59-55)40-26-30-53-47(34-40)48-35-42(27-31-54(48)63-53)62-50-23-13-11-21-44(50)46-33-39(25-29-52(46)62)38-24-28-51-45(32-38)43-20-10-12-22-49(43)61(51)41-18-8-3-9-19-41/h1-35H. The normalized spacial score (nSPS) is 11.8. The van der Waals surface area contributed by atoms with Crippen LogP contribution in [-0.4, -0.2) is 24.1 Å². The molecule has 0 amide bonds. The van der Waals surface area contributed by atoms with Crippen molar-refractivity contribution in [3.05, 3.63) is 212 Å². The van der Waals surface area contributed by atoms with Crippen LogP contribution in [0.15, 0.2) is 217 Å². The fourth-order valence-corrected chi connectivity index (χ4v) is 9.42. The van der Waals surface area contributed by atoms with Crippen LogP contribution in [-0.2, 0) is 0 Å². The van der Waals surface area contributed by atoms with Gasteiger partial charge in [-0.25, -0.2) is 15.0 Å². The molecule has 9 aromatic carbocycles. The van der Waals surface area contributed by atoms with Crippen molar-refractivity contribution < 1.29 is 4.42 Å². The Morgan fingerprint density at radius 2 is 0.683 bits per heavy atom. The minimum absolute atomic E-state index is 0.606. The molecule has 0 unspecified atom stereocenters. The number of hydrogen-bond donors (Lipinski definition) is 0. The predicted octanol–water partition coefficient (Wildman–Crippen LogP) is 14.6. The first-order valence-corrected chi connectivity index (χ1v) is 21.2. The van der Waals surface area contributed by atoms with Crippen LogP contribution in [0, 0.1) is 0 Å². The number of aromatic nitrogens is 5. The third kappa shape index (κ3) is 5.69. The van der Waals surface area contributed by atoms with E-state index in [-0.39, 0.29) is 0 Å². The first-order valence-electron chi connectivity index (χ1n) is 21.2. The van der Waals surface area contributed by atoms with Crippen molar-refractivity contribution in [3.8, 4) is 56.7 Å². The van der Waals surface area contributed by atoms with Gasteiger partial charge in [0.2, 0.25) is 0 Å². The summed E-state index contributed by atoms with van der Waals surface area (Å²) in [4.78, 5) is 14.9. The molecule has 0 fully saturated rings. The summed E-state index contributed by atoms with van der Waals surface area (Å²) in [6, 6.07) is 74.6. The van der Waals surface area contributed by atoms with Crippen LogP contribution >= 0.6 is 0 Å². The van der Waals surface area contributed by atoms with Crippen LogP contribution in [0.4, 0.5) is 0 Å². The third-order valence-electron chi connectivity index (χ3n) is 12.4. The Labute approximate surface area is 361 Å². The summed E-state index contributed by atoms with van der Waals surface area (Å²) >= 11 is 0. The first kappa shape index (κ1) is 35.2. The van der Waals surface area contributed by atoms with E-state index >= 15 is 0 Å². The maximum absolute atomic E-state index is 6.46. The molecule has 13 aromatic rings. The molecule has 0 atom stereocenters. The minimum Gasteiger partial charge on any atom is -0.456 e. The number of benzene rings is 9. The van der Waals surface area contributed by atoms with Crippen LogP contribution in [0.1, 0.15) is 0 Å². The smallest absolute Gasteiger partial charge is 0.164 e. The zero-order chi connectivity index (χ0) is 41.4. The number of furan rings is 1. The number of hydrogen-bond acceptors (Lipinski definition) is 4. The molecule has 0 N–H and O–H groups in total. The van der Waals surface area contributed by atoms with Gasteiger partial charge in [0.25, 0.3) is 0 Å². The lowest BCUT2D eigenvalue weighted by atomic mass is 10.0. The summed E-state index contributed by atoms with van der Waals surface area (Å²) in [5, 5.41) is 6.91. The van der Waals surface area contributed by atoms with Gasteiger partial charge in [0.05, 0.1) is 22.1 Å². The summed E-state index contributed by atoms with van der Waals surface area (Å²) in [5.41, 5.74) is 13.6. The number of fused-ring (bicyclic) bond motifs is 9. The first-order chi connectivity index (χ1) is 31.2. The van der Waals surface area contributed by atoms with Gasteiger partial charge in [0.1, 0.15) is 11.2 Å². The van der Waals surface area contributed by atoms with Gasteiger partial charge >= 0.3 is 0 Å². The molecule has 6 heteroatoms. The molecule has 0 bridgehead atoms. The molecule has 0 saturated heterocycles. The summed E-state index contributed by atoms with van der Waals surface area (Å²) in [5.74, 6) is 1.86. The van der Waals surface area contributed by atoms with E-state index in [0.717, 1.165) is 61.0 Å². The van der Waals surface area contributed by atoms with Gasteiger partial charge in [-0.2, -0.15) is 0 Å². The summed E-state index contributed by atoms with van der Waals surface area (Å²) in [7, 11) is 0. The zero-order valence-electron chi connectivity index (χ0n) is 33.9. The molecular weight excluding hydrogens is 771 g/mol. The monoisotopic (exact) mass is 805 g/mol. The Morgan fingerprint density at radius 1 is 0.270 bits per heavy atom. The Morgan fingerprint density at radius 3 is 1.25 bits per heavy atom. The number of nitrogens with zero attached hydrogens (tertiary/aromatic N) is 5. The van der Waals surface area contributed by atoms with Crippen molar-refractivity contribution in [2.45, 2.75) is 0 Å². The molecule has 0 aliphatic carbocycles. The quantitative estimate of drug-likeness (QED) is 0.168. The maximum Gasteiger partial charge on any atom is 0.164 e. The summed E-state index contributed by atoms with van der Waals surface area (Å²) < 4.78 is 11.2. The van der Waals surface area contributed by atoms with Gasteiger partial charge in [-0.3, -0.25) is 0 Å². The van der Waals surface area contributed by atoms with Crippen molar-refractivity contribution in [1.29, 1.82) is 0 Å². The molecule has 63 heavy (non-hydrogen) atoms. The van der Waals surface area contributed by atoms with Crippen molar-refractivity contribution in [3.63, 3.8) is 0 Å². The molecule has 4 aromatic heterocycles. The Bertz CT molecular complexity index is 3850. The van der Waals surface area contributed by atoms with E-state index in [1.165, 1.54) is 43.7 Å². The lowest BCUT2D eigenvalue weighted by Gasteiger charge is -2.10. The topological polar surface area (TPSA) is 61.7 Å². The van der Waals surface area contributed by atoms with Crippen molar-refractivity contribution in [2.75, 3.05) is 0 Å². The predicted molar refractivity (Wildman–Crippen MR) is 258 cm³/mol. The fraction of sp³-hybridized carbons (Fsp3) is 0. The Balaban J connectivity index is 0.938. The van der Waals surface area contributed by atoms with Crippen LogP contribution in [0.2, 0.25) is 0 Å². The van der Waals surface area contributed by atoms with Crippen LogP contribution < -0.4 is 0 Å².